The smallest absolute Gasteiger partial charge is 0.329 e. The van der Waals surface area contributed by atoms with Crippen LogP contribution in [0.15, 0.2) is 47.2 Å². The number of Topliss-reactive ketones (excluding diaryl/α,β-unsaturated/α-hetero) is 1. The van der Waals surface area contributed by atoms with E-state index in [2.05, 4.69) is 5.32 Å². The molecule has 1 aromatic heterocycles. The molecule has 0 spiro atoms. The minimum atomic E-state index is -0.740. The summed E-state index contributed by atoms with van der Waals surface area (Å²) < 4.78 is 5.46. The molecule has 1 fully saturated rings. The van der Waals surface area contributed by atoms with Gasteiger partial charge in [-0.1, -0.05) is 18.2 Å². The van der Waals surface area contributed by atoms with Crippen LogP contribution in [0.1, 0.15) is 62.4 Å². The van der Waals surface area contributed by atoms with Crippen molar-refractivity contribution in [1.82, 2.24) is 10.2 Å². The summed E-state index contributed by atoms with van der Waals surface area (Å²) in [6.07, 6.45) is 1.61. The monoisotopic (exact) mass is 484 g/mol. The van der Waals surface area contributed by atoms with Crippen LogP contribution in [-0.2, 0) is 25.5 Å². The first kappa shape index (κ1) is 25.6. The minimum absolute atomic E-state index is 0.0136. The molecule has 3 rings (SSSR count). The van der Waals surface area contributed by atoms with Crippen LogP contribution in [0.5, 0.6) is 0 Å². The highest BCUT2D eigenvalue weighted by molar-refractivity contribution is 7.07. The van der Waals surface area contributed by atoms with Gasteiger partial charge in [-0.05, 0) is 68.1 Å². The number of nitrogens with zero attached hydrogens (tertiary/aromatic N) is 1. The topological polar surface area (TPSA) is 92.8 Å². The van der Waals surface area contributed by atoms with Gasteiger partial charge in [0.25, 0.3) is 5.91 Å². The molecule has 0 saturated carbocycles. The number of nitrogens with one attached hydrogen (secondary N) is 1. The Hall–Kier alpha value is -3.00. The van der Waals surface area contributed by atoms with Crippen molar-refractivity contribution in [1.29, 1.82) is 0 Å². The van der Waals surface area contributed by atoms with E-state index in [-0.39, 0.29) is 30.4 Å². The number of esters is 1. The van der Waals surface area contributed by atoms with Crippen LogP contribution >= 0.6 is 11.3 Å². The van der Waals surface area contributed by atoms with E-state index in [1.54, 1.807) is 45.0 Å². The Morgan fingerprint density at radius 2 is 1.85 bits per heavy atom. The number of hydrogen-bond acceptors (Lipinski definition) is 6. The molecule has 8 heteroatoms. The van der Waals surface area contributed by atoms with Gasteiger partial charge in [-0.15, -0.1) is 0 Å². The zero-order valence-electron chi connectivity index (χ0n) is 19.9. The molecule has 1 aromatic carbocycles. The Labute approximate surface area is 204 Å². The Bertz CT molecular complexity index is 998. The second kappa shape index (κ2) is 11.4. The molecule has 2 amide bonds. The number of hydrogen-bond donors (Lipinski definition) is 1. The molecule has 182 valence electrons. The van der Waals surface area contributed by atoms with Crippen molar-refractivity contribution in [2.24, 2.45) is 0 Å². The van der Waals surface area contributed by atoms with Gasteiger partial charge in [0.1, 0.15) is 11.6 Å². The number of ether oxygens (including phenoxy) is 1. The quantitative estimate of drug-likeness (QED) is 0.547. The second-order valence-electron chi connectivity index (χ2n) is 9.47. The normalized spacial score (nSPS) is 16.7. The molecule has 2 aromatic rings. The summed E-state index contributed by atoms with van der Waals surface area (Å²) in [5.41, 5.74) is 0.794. The fourth-order valence-corrected chi connectivity index (χ4v) is 4.63. The van der Waals surface area contributed by atoms with Crippen molar-refractivity contribution in [2.45, 2.75) is 70.6 Å². The molecule has 0 bridgehead atoms. The van der Waals surface area contributed by atoms with E-state index in [1.807, 2.05) is 22.9 Å². The van der Waals surface area contributed by atoms with Gasteiger partial charge in [-0.2, -0.15) is 11.3 Å². The van der Waals surface area contributed by atoms with Gasteiger partial charge in [0.15, 0.2) is 5.78 Å². The Balaban J connectivity index is 1.62. The lowest BCUT2D eigenvalue weighted by atomic mass is 10.00. The number of likely N-dealkylation sites (tertiary alicyclic amines) is 1. The van der Waals surface area contributed by atoms with Gasteiger partial charge in [0.05, 0.1) is 6.04 Å². The molecule has 0 unspecified atom stereocenters. The summed E-state index contributed by atoms with van der Waals surface area (Å²) in [5.74, 6) is -1.19. The highest BCUT2D eigenvalue weighted by atomic mass is 32.1. The van der Waals surface area contributed by atoms with Crippen molar-refractivity contribution >= 4 is 34.9 Å². The fourth-order valence-electron chi connectivity index (χ4n) is 3.95. The standard InChI is InChI=1S/C26H32N2O5S/c1-26(2,3)33-25(32)21-10-7-14-28(21)23(30)12-11-22(29)20(16-18-13-15-34-17-18)27-24(31)19-8-5-4-6-9-19/h4-6,8-9,13,15,17,20-21H,7,10-12,14,16H2,1-3H3,(H,27,31)/t20-,21-/m0/s1. The van der Waals surface area contributed by atoms with Crippen molar-refractivity contribution < 1.29 is 23.9 Å². The van der Waals surface area contributed by atoms with Crippen LogP contribution in [0.25, 0.3) is 0 Å². The zero-order valence-corrected chi connectivity index (χ0v) is 20.7. The van der Waals surface area contributed by atoms with E-state index < -0.39 is 23.7 Å². The summed E-state index contributed by atoms with van der Waals surface area (Å²) >= 11 is 1.52. The summed E-state index contributed by atoms with van der Waals surface area (Å²) in [6.45, 7) is 5.85. The van der Waals surface area contributed by atoms with E-state index in [1.165, 1.54) is 16.2 Å². The number of rotatable bonds is 9. The fraction of sp³-hybridized carbons (Fsp3) is 0.462. The number of thiophene rings is 1. The third-order valence-corrected chi connectivity index (χ3v) is 6.32. The molecular weight excluding hydrogens is 452 g/mol. The van der Waals surface area contributed by atoms with Crippen molar-refractivity contribution in [2.75, 3.05) is 6.54 Å². The van der Waals surface area contributed by atoms with E-state index >= 15 is 0 Å². The van der Waals surface area contributed by atoms with Crippen LogP contribution in [0, 0.1) is 0 Å². The lowest BCUT2D eigenvalue weighted by Gasteiger charge is -2.27. The van der Waals surface area contributed by atoms with Crippen LogP contribution in [0.2, 0.25) is 0 Å². The summed E-state index contributed by atoms with van der Waals surface area (Å²) in [4.78, 5) is 52.7. The van der Waals surface area contributed by atoms with Crippen LogP contribution in [0.3, 0.4) is 0 Å². The van der Waals surface area contributed by atoms with Gasteiger partial charge in [0, 0.05) is 31.4 Å². The third kappa shape index (κ3) is 7.25. The van der Waals surface area contributed by atoms with Crippen LogP contribution < -0.4 is 5.32 Å². The molecule has 0 radical (unpaired) electrons. The highest BCUT2D eigenvalue weighted by Gasteiger charge is 2.37. The predicted molar refractivity (Wildman–Crippen MR) is 131 cm³/mol. The van der Waals surface area contributed by atoms with E-state index in [4.69, 9.17) is 4.74 Å². The maximum Gasteiger partial charge on any atom is 0.329 e. The van der Waals surface area contributed by atoms with Crippen molar-refractivity contribution in [3.05, 3.63) is 58.3 Å². The van der Waals surface area contributed by atoms with Gasteiger partial charge >= 0.3 is 5.97 Å². The first-order chi connectivity index (χ1) is 16.1. The maximum absolute atomic E-state index is 13.1. The molecule has 1 saturated heterocycles. The molecule has 7 nitrogen and oxygen atoms in total. The summed E-state index contributed by atoms with van der Waals surface area (Å²) in [5, 5.41) is 6.70. The second-order valence-corrected chi connectivity index (χ2v) is 10.3. The summed E-state index contributed by atoms with van der Waals surface area (Å²) in [7, 11) is 0. The molecular formula is C26H32N2O5S. The molecule has 34 heavy (non-hydrogen) atoms. The number of carbonyl (C=O) groups is 4. The molecule has 0 aliphatic carbocycles. The van der Waals surface area contributed by atoms with Gasteiger partial charge < -0.3 is 15.0 Å². The minimum Gasteiger partial charge on any atom is -0.458 e. The molecule has 2 heterocycles. The Morgan fingerprint density at radius 3 is 2.50 bits per heavy atom. The van der Waals surface area contributed by atoms with Crippen LogP contribution in [0.4, 0.5) is 0 Å². The molecule has 1 N–H and O–H groups in total. The maximum atomic E-state index is 13.1. The number of benzene rings is 1. The van der Waals surface area contributed by atoms with Gasteiger partial charge in [0.2, 0.25) is 5.91 Å². The van der Waals surface area contributed by atoms with Gasteiger partial charge in [-0.25, -0.2) is 4.79 Å². The largest absolute Gasteiger partial charge is 0.458 e. The molecule has 1 aliphatic rings. The average Bonchev–Trinajstić information content (AvgIpc) is 3.48. The number of carbonyl (C=O) groups excluding carboxylic acids is 4. The first-order valence-electron chi connectivity index (χ1n) is 11.6. The molecule has 2 atom stereocenters. The zero-order chi connectivity index (χ0) is 24.7. The number of amides is 2. The summed E-state index contributed by atoms with van der Waals surface area (Å²) in [6, 6.07) is 9.29. The van der Waals surface area contributed by atoms with E-state index in [0.29, 0.717) is 24.9 Å². The van der Waals surface area contributed by atoms with Gasteiger partial charge in [-0.3, -0.25) is 14.4 Å². The van der Waals surface area contributed by atoms with E-state index in [9.17, 15) is 19.2 Å². The Morgan fingerprint density at radius 1 is 1.12 bits per heavy atom. The van der Waals surface area contributed by atoms with E-state index in [0.717, 1.165) is 12.0 Å². The number of ketones is 1. The van der Waals surface area contributed by atoms with Crippen LogP contribution in [-0.4, -0.2) is 52.7 Å². The SMILES string of the molecule is CC(C)(C)OC(=O)[C@@H]1CCCN1C(=O)CCC(=O)[C@H](Cc1ccsc1)NC(=O)c1ccccc1. The first-order valence-corrected chi connectivity index (χ1v) is 12.5. The third-order valence-electron chi connectivity index (χ3n) is 5.59. The molecule has 1 aliphatic heterocycles. The lowest BCUT2D eigenvalue weighted by Crippen LogP contribution is -2.45. The average molecular weight is 485 g/mol. The van der Waals surface area contributed by atoms with Crippen molar-refractivity contribution in [3.63, 3.8) is 0 Å². The van der Waals surface area contributed by atoms with Crippen molar-refractivity contribution in [3.8, 4) is 0 Å². The predicted octanol–water partition coefficient (Wildman–Crippen LogP) is 3.77. The lowest BCUT2D eigenvalue weighted by molar-refractivity contribution is -0.163. The Kier molecular flexibility index (Phi) is 8.61. The highest BCUT2D eigenvalue weighted by Crippen LogP contribution is 2.22.